The summed E-state index contributed by atoms with van der Waals surface area (Å²) in [6.45, 7) is 6.40. The second-order valence-corrected chi connectivity index (χ2v) is 6.77. The van der Waals surface area contributed by atoms with Crippen LogP contribution in [0.1, 0.15) is 40.0 Å². The molecule has 1 aliphatic heterocycles. The van der Waals surface area contributed by atoms with Crippen LogP contribution in [0.25, 0.3) is 0 Å². The minimum Gasteiger partial charge on any atom is -0.428 e. The average molecular weight is 264 g/mol. The highest BCUT2D eigenvalue weighted by atomic mass is 16.6. The Morgan fingerprint density at radius 2 is 2.00 bits per heavy atom. The Hall–Kier alpha value is -1.13. The van der Waals surface area contributed by atoms with Crippen molar-refractivity contribution in [1.29, 1.82) is 0 Å². The molecule has 4 nitrogen and oxygen atoms in total. The largest absolute Gasteiger partial charge is 0.428 e. The lowest BCUT2D eigenvalue weighted by Gasteiger charge is -2.23. The number of allylic oxidation sites excluding steroid dienone is 1. The van der Waals surface area contributed by atoms with Crippen LogP contribution in [0.2, 0.25) is 0 Å². The van der Waals surface area contributed by atoms with Crippen molar-refractivity contribution < 1.29 is 19.7 Å². The molecule has 0 aromatic heterocycles. The van der Waals surface area contributed by atoms with E-state index in [0.29, 0.717) is 17.6 Å². The van der Waals surface area contributed by atoms with E-state index in [0.717, 1.165) is 18.4 Å². The molecule has 0 aromatic rings. The predicted molar refractivity (Wildman–Crippen MR) is 69.0 cm³/mol. The van der Waals surface area contributed by atoms with Gasteiger partial charge < -0.3 is 14.9 Å². The van der Waals surface area contributed by atoms with Crippen molar-refractivity contribution in [3.8, 4) is 0 Å². The molecule has 19 heavy (non-hydrogen) atoms. The van der Waals surface area contributed by atoms with Crippen molar-refractivity contribution in [2.75, 3.05) is 0 Å². The van der Waals surface area contributed by atoms with Gasteiger partial charge in [-0.2, -0.15) is 0 Å². The predicted octanol–water partition coefficient (Wildman–Crippen LogP) is 1.68. The van der Waals surface area contributed by atoms with E-state index in [-0.39, 0.29) is 11.3 Å². The molecule has 1 heterocycles. The van der Waals surface area contributed by atoms with Gasteiger partial charge in [-0.25, -0.2) is 4.79 Å². The Morgan fingerprint density at radius 1 is 1.32 bits per heavy atom. The summed E-state index contributed by atoms with van der Waals surface area (Å²) in [5.74, 6) is -0.479. The van der Waals surface area contributed by atoms with E-state index >= 15 is 0 Å². The number of hydrogen-bond donors (Lipinski definition) is 2. The van der Waals surface area contributed by atoms with Gasteiger partial charge >= 0.3 is 5.97 Å². The molecule has 104 valence electrons. The molecule has 0 amide bonds. The number of carbonyl (C=O) groups excluding carboxylic acids is 1. The fraction of sp³-hybridized carbons (Fsp3) is 0.667. The molecule has 1 fully saturated rings. The molecule has 0 saturated heterocycles. The fourth-order valence-corrected chi connectivity index (χ4v) is 3.80. The summed E-state index contributed by atoms with van der Waals surface area (Å²) in [5, 5.41) is 20.4. The molecule has 3 unspecified atom stereocenters. The van der Waals surface area contributed by atoms with Gasteiger partial charge in [0, 0.05) is 23.5 Å². The highest BCUT2D eigenvalue weighted by Gasteiger charge is 2.47. The number of cyclic esters (lactones) is 1. The number of aliphatic hydroxyl groups is 2. The minimum atomic E-state index is -1.27. The molecule has 2 aliphatic carbocycles. The van der Waals surface area contributed by atoms with E-state index < -0.39 is 18.4 Å². The van der Waals surface area contributed by atoms with E-state index in [2.05, 4.69) is 13.8 Å². The molecule has 0 bridgehead atoms. The molecule has 3 aliphatic rings. The Kier molecular flexibility index (Phi) is 2.67. The third kappa shape index (κ3) is 1.85. The number of rotatable bonds is 0. The maximum Gasteiger partial charge on any atom is 0.337 e. The first kappa shape index (κ1) is 12.9. The number of aliphatic hydroxyl groups excluding tert-OH is 2. The Balaban J connectivity index is 2.07. The Morgan fingerprint density at radius 3 is 2.68 bits per heavy atom. The first-order valence-corrected chi connectivity index (χ1v) is 6.79. The maximum atomic E-state index is 11.7. The maximum absolute atomic E-state index is 11.7. The first-order valence-electron chi connectivity index (χ1n) is 6.79. The van der Waals surface area contributed by atoms with Crippen LogP contribution < -0.4 is 0 Å². The molecule has 0 spiro atoms. The van der Waals surface area contributed by atoms with Gasteiger partial charge in [0.25, 0.3) is 0 Å². The number of esters is 1. The highest BCUT2D eigenvalue weighted by Crippen LogP contribution is 2.51. The van der Waals surface area contributed by atoms with Gasteiger partial charge in [-0.05, 0) is 25.2 Å². The standard InChI is InChI=1S/C15H20O4/c1-7-4-8-11(14(18)19-13(8)17)12(16)10-6-15(2,3)5-9(7)10/h10,12,14,16,18H,4-6H2,1-3H3. The van der Waals surface area contributed by atoms with Crippen LogP contribution in [-0.4, -0.2) is 28.6 Å². The van der Waals surface area contributed by atoms with Crippen LogP contribution in [0.15, 0.2) is 22.3 Å². The van der Waals surface area contributed by atoms with Crippen LogP contribution in [0.3, 0.4) is 0 Å². The third-order valence-electron chi connectivity index (χ3n) is 4.66. The zero-order valence-electron chi connectivity index (χ0n) is 11.6. The molecular formula is C15H20O4. The van der Waals surface area contributed by atoms with Crippen molar-refractivity contribution in [2.24, 2.45) is 11.3 Å². The summed E-state index contributed by atoms with van der Waals surface area (Å²) in [6.07, 6.45) is 0.244. The van der Waals surface area contributed by atoms with Crippen LogP contribution >= 0.6 is 0 Å². The van der Waals surface area contributed by atoms with Crippen molar-refractivity contribution >= 4 is 5.97 Å². The van der Waals surface area contributed by atoms with Crippen LogP contribution in [0.4, 0.5) is 0 Å². The zero-order chi connectivity index (χ0) is 13.9. The van der Waals surface area contributed by atoms with Gasteiger partial charge in [-0.3, -0.25) is 0 Å². The highest BCUT2D eigenvalue weighted by molar-refractivity contribution is 5.93. The van der Waals surface area contributed by atoms with Crippen molar-refractivity contribution in [3.05, 3.63) is 22.3 Å². The number of hydrogen-bond acceptors (Lipinski definition) is 4. The van der Waals surface area contributed by atoms with E-state index in [1.165, 1.54) is 5.57 Å². The van der Waals surface area contributed by atoms with E-state index in [9.17, 15) is 15.0 Å². The van der Waals surface area contributed by atoms with Gasteiger partial charge in [0.15, 0.2) is 0 Å². The molecule has 3 rings (SSSR count). The first-order chi connectivity index (χ1) is 8.80. The van der Waals surface area contributed by atoms with Gasteiger partial charge in [-0.15, -0.1) is 0 Å². The van der Waals surface area contributed by atoms with Crippen LogP contribution in [0, 0.1) is 11.3 Å². The summed E-state index contributed by atoms with van der Waals surface area (Å²) >= 11 is 0. The van der Waals surface area contributed by atoms with E-state index in [1.54, 1.807) is 0 Å². The second kappa shape index (κ2) is 3.93. The molecule has 0 aromatic carbocycles. The van der Waals surface area contributed by atoms with Crippen molar-refractivity contribution in [1.82, 2.24) is 0 Å². The van der Waals surface area contributed by atoms with Crippen molar-refractivity contribution in [3.63, 3.8) is 0 Å². The molecule has 2 N–H and O–H groups in total. The normalized spacial score (nSPS) is 37.1. The molecular weight excluding hydrogens is 244 g/mol. The number of fused-ring (bicyclic) bond motifs is 1. The minimum absolute atomic E-state index is 0.00616. The SMILES string of the molecule is CC1=C2CC(C)(C)CC2C(O)C2=C(C1)C(=O)OC2O. The fourth-order valence-electron chi connectivity index (χ4n) is 3.80. The zero-order valence-corrected chi connectivity index (χ0v) is 11.6. The summed E-state index contributed by atoms with van der Waals surface area (Å²) in [7, 11) is 0. The Bertz CT molecular complexity index is 512. The average Bonchev–Trinajstić information content (AvgIpc) is 2.73. The van der Waals surface area contributed by atoms with Gasteiger partial charge in [0.05, 0.1) is 6.10 Å². The second-order valence-electron chi connectivity index (χ2n) is 6.77. The van der Waals surface area contributed by atoms with Crippen molar-refractivity contribution in [2.45, 2.75) is 52.4 Å². The monoisotopic (exact) mass is 264 g/mol. The third-order valence-corrected chi connectivity index (χ3v) is 4.66. The lowest BCUT2D eigenvalue weighted by molar-refractivity contribution is -0.153. The van der Waals surface area contributed by atoms with Gasteiger partial charge in [0.2, 0.25) is 6.29 Å². The molecule has 4 heteroatoms. The number of ether oxygens (including phenoxy) is 1. The van der Waals surface area contributed by atoms with Gasteiger partial charge in [0.1, 0.15) is 0 Å². The lowest BCUT2D eigenvalue weighted by atomic mass is 9.86. The number of carbonyl (C=O) groups is 1. The molecule has 3 atom stereocenters. The smallest absolute Gasteiger partial charge is 0.337 e. The quantitative estimate of drug-likeness (QED) is 0.516. The van der Waals surface area contributed by atoms with Gasteiger partial charge in [-0.1, -0.05) is 25.0 Å². The topological polar surface area (TPSA) is 66.8 Å². The van der Waals surface area contributed by atoms with Crippen LogP contribution in [-0.2, 0) is 9.53 Å². The summed E-state index contributed by atoms with van der Waals surface area (Å²) in [5.41, 5.74) is 3.41. The van der Waals surface area contributed by atoms with Crippen LogP contribution in [0.5, 0.6) is 0 Å². The lowest BCUT2D eigenvalue weighted by Crippen LogP contribution is -2.28. The van der Waals surface area contributed by atoms with E-state index in [4.69, 9.17) is 4.74 Å². The molecule has 1 saturated carbocycles. The Labute approximate surface area is 112 Å². The summed E-state index contributed by atoms with van der Waals surface area (Å²) in [6, 6.07) is 0. The summed E-state index contributed by atoms with van der Waals surface area (Å²) < 4.78 is 4.84. The molecule has 0 radical (unpaired) electrons. The summed E-state index contributed by atoms with van der Waals surface area (Å²) in [4.78, 5) is 11.7. The van der Waals surface area contributed by atoms with E-state index in [1.807, 2.05) is 6.92 Å².